The molecule has 4 heteroatoms. The van der Waals surface area contributed by atoms with Crippen LogP contribution in [0, 0.1) is 0 Å². The molecule has 3 unspecified atom stereocenters. The lowest BCUT2D eigenvalue weighted by Crippen LogP contribution is -2.38. The van der Waals surface area contributed by atoms with E-state index in [9.17, 15) is 10.2 Å². The van der Waals surface area contributed by atoms with Crippen molar-refractivity contribution in [2.75, 3.05) is 6.54 Å². The van der Waals surface area contributed by atoms with Gasteiger partial charge in [-0.05, 0) is 44.9 Å². The van der Waals surface area contributed by atoms with Crippen LogP contribution in [0.1, 0.15) is 45.8 Å². The summed E-state index contributed by atoms with van der Waals surface area (Å²) >= 11 is 0. The molecule has 0 spiro atoms. The van der Waals surface area contributed by atoms with Gasteiger partial charge in [-0.15, -0.1) is 0 Å². The molecule has 0 amide bonds. The van der Waals surface area contributed by atoms with Crippen LogP contribution in [0.5, 0.6) is 5.75 Å². The zero-order valence-electron chi connectivity index (χ0n) is 12.8. The highest BCUT2D eigenvalue weighted by molar-refractivity contribution is 5.29. The normalized spacial score (nSPS) is 15.9. The maximum Gasteiger partial charge on any atom is 0.119 e. The van der Waals surface area contributed by atoms with Gasteiger partial charge in [-0.1, -0.05) is 19.1 Å². The van der Waals surface area contributed by atoms with Crippen LogP contribution in [0.4, 0.5) is 0 Å². The average Bonchev–Trinajstić information content (AvgIpc) is 2.39. The largest absolute Gasteiger partial charge is 0.491 e. The highest BCUT2D eigenvalue weighted by Crippen LogP contribution is 2.22. The lowest BCUT2D eigenvalue weighted by Gasteiger charge is -2.24. The van der Waals surface area contributed by atoms with Gasteiger partial charge in [0.2, 0.25) is 0 Å². The van der Waals surface area contributed by atoms with Crippen LogP contribution < -0.4 is 10.1 Å². The third-order valence-corrected chi connectivity index (χ3v) is 3.09. The van der Waals surface area contributed by atoms with Gasteiger partial charge >= 0.3 is 0 Å². The van der Waals surface area contributed by atoms with Crippen molar-refractivity contribution >= 4 is 0 Å². The fourth-order valence-electron chi connectivity index (χ4n) is 2.05. The van der Waals surface area contributed by atoms with E-state index in [2.05, 4.69) is 5.32 Å². The molecule has 1 aromatic carbocycles. The van der Waals surface area contributed by atoms with Gasteiger partial charge in [0.05, 0.1) is 18.3 Å². The topological polar surface area (TPSA) is 61.7 Å². The second-order valence-corrected chi connectivity index (χ2v) is 5.45. The molecule has 0 radical (unpaired) electrons. The van der Waals surface area contributed by atoms with Crippen molar-refractivity contribution in [1.82, 2.24) is 5.32 Å². The molecule has 0 fully saturated rings. The number of aliphatic hydroxyl groups is 2. The molecule has 0 saturated carbocycles. The third kappa shape index (κ3) is 5.49. The molecule has 3 N–H and O–H groups in total. The highest BCUT2D eigenvalue weighted by atomic mass is 16.5. The van der Waals surface area contributed by atoms with Crippen molar-refractivity contribution in [1.29, 1.82) is 0 Å². The van der Waals surface area contributed by atoms with Gasteiger partial charge in [-0.25, -0.2) is 0 Å². The first-order valence-electron chi connectivity index (χ1n) is 7.30. The summed E-state index contributed by atoms with van der Waals surface area (Å²) in [7, 11) is 0. The minimum absolute atomic E-state index is 0.0681. The molecule has 4 nitrogen and oxygen atoms in total. The quantitative estimate of drug-likeness (QED) is 0.684. The van der Waals surface area contributed by atoms with Gasteiger partial charge in [-0.2, -0.15) is 0 Å². The zero-order chi connectivity index (χ0) is 15.1. The molecule has 3 atom stereocenters. The van der Waals surface area contributed by atoms with E-state index in [4.69, 9.17) is 4.74 Å². The molecule has 114 valence electrons. The summed E-state index contributed by atoms with van der Waals surface area (Å²) in [5.74, 6) is 0.806. The number of benzene rings is 1. The van der Waals surface area contributed by atoms with Crippen molar-refractivity contribution < 1.29 is 14.9 Å². The van der Waals surface area contributed by atoms with E-state index in [0.29, 0.717) is 6.54 Å². The summed E-state index contributed by atoms with van der Waals surface area (Å²) in [6.45, 7) is 8.18. The summed E-state index contributed by atoms with van der Waals surface area (Å²) in [5, 5.41) is 22.9. The van der Waals surface area contributed by atoms with Gasteiger partial charge in [0.25, 0.3) is 0 Å². The van der Waals surface area contributed by atoms with Crippen molar-refractivity contribution in [3.63, 3.8) is 0 Å². The molecular formula is C16H27NO3. The molecule has 1 aromatic rings. The van der Waals surface area contributed by atoms with Crippen molar-refractivity contribution in [2.24, 2.45) is 0 Å². The summed E-state index contributed by atoms with van der Waals surface area (Å²) < 4.78 is 5.58. The number of hydrogen-bond donors (Lipinski definition) is 3. The van der Waals surface area contributed by atoms with Crippen molar-refractivity contribution in [3.05, 3.63) is 29.8 Å². The Labute approximate surface area is 121 Å². The minimum Gasteiger partial charge on any atom is -0.491 e. The predicted octanol–water partition coefficient (Wildman–Crippen LogP) is 2.26. The van der Waals surface area contributed by atoms with Crippen molar-refractivity contribution in [3.8, 4) is 5.75 Å². The molecule has 0 aliphatic heterocycles. The minimum atomic E-state index is -0.591. The number of aliphatic hydroxyl groups excluding tert-OH is 2. The predicted molar refractivity (Wildman–Crippen MR) is 80.9 cm³/mol. The number of ether oxygens (including phenoxy) is 1. The molecule has 0 aliphatic rings. The maximum absolute atomic E-state index is 10.4. The summed E-state index contributed by atoms with van der Waals surface area (Å²) in [5.41, 5.74) is 0.853. The van der Waals surface area contributed by atoms with Crippen LogP contribution in [0.3, 0.4) is 0 Å². The third-order valence-electron chi connectivity index (χ3n) is 3.09. The Hall–Kier alpha value is -1.10. The average molecular weight is 281 g/mol. The lowest BCUT2D eigenvalue weighted by atomic mass is 10.00. The smallest absolute Gasteiger partial charge is 0.119 e. The molecule has 0 aromatic heterocycles. The van der Waals surface area contributed by atoms with Crippen LogP contribution in [0.15, 0.2) is 24.3 Å². The number of rotatable bonds is 8. The van der Waals surface area contributed by atoms with Crippen LogP contribution >= 0.6 is 0 Å². The van der Waals surface area contributed by atoms with E-state index in [-0.39, 0.29) is 12.1 Å². The Morgan fingerprint density at radius 2 is 1.70 bits per heavy atom. The van der Waals surface area contributed by atoms with E-state index >= 15 is 0 Å². The Kier molecular flexibility index (Phi) is 6.99. The van der Waals surface area contributed by atoms with Gasteiger partial charge in [0, 0.05) is 12.6 Å². The molecule has 0 saturated heterocycles. The summed E-state index contributed by atoms with van der Waals surface area (Å²) in [6.07, 6.45) is -0.0789. The van der Waals surface area contributed by atoms with E-state index in [0.717, 1.165) is 17.7 Å². The Morgan fingerprint density at radius 3 is 2.15 bits per heavy atom. The van der Waals surface area contributed by atoms with E-state index in [1.54, 1.807) is 6.92 Å². The second kappa shape index (κ2) is 8.25. The summed E-state index contributed by atoms with van der Waals surface area (Å²) in [6, 6.07) is 7.45. The molecule has 0 bridgehead atoms. The van der Waals surface area contributed by atoms with Crippen LogP contribution in [0.2, 0.25) is 0 Å². The molecular weight excluding hydrogens is 254 g/mol. The monoisotopic (exact) mass is 281 g/mol. The van der Waals surface area contributed by atoms with E-state index in [1.807, 2.05) is 45.0 Å². The zero-order valence-corrected chi connectivity index (χ0v) is 12.8. The summed E-state index contributed by atoms with van der Waals surface area (Å²) in [4.78, 5) is 0. The first-order valence-corrected chi connectivity index (χ1v) is 7.30. The maximum atomic E-state index is 10.4. The Morgan fingerprint density at radius 1 is 1.10 bits per heavy atom. The van der Waals surface area contributed by atoms with E-state index in [1.165, 1.54) is 0 Å². The first-order chi connectivity index (χ1) is 9.43. The van der Waals surface area contributed by atoms with Crippen LogP contribution in [-0.4, -0.2) is 35.0 Å². The van der Waals surface area contributed by atoms with Gasteiger partial charge in [0.15, 0.2) is 0 Å². The number of hydrogen-bond acceptors (Lipinski definition) is 4. The molecule has 0 heterocycles. The highest BCUT2D eigenvalue weighted by Gasteiger charge is 2.19. The molecule has 0 aliphatic carbocycles. The second-order valence-electron chi connectivity index (χ2n) is 5.45. The lowest BCUT2D eigenvalue weighted by molar-refractivity contribution is 0.112. The van der Waals surface area contributed by atoms with Crippen molar-refractivity contribution in [2.45, 2.75) is 58.5 Å². The molecule has 20 heavy (non-hydrogen) atoms. The van der Waals surface area contributed by atoms with Crippen LogP contribution in [-0.2, 0) is 0 Å². The first kappa shape index (κ1) is 17.0. The Bertz CT molecular complexity index is 376. The van der Waals surface area contributed by atoms with Gasteiger partial charge < -0.3 is 20.3 Å². The van der Waals surface area contributed by atoms with Crippen LogP contribution in [0.25, 0.3) is 0 Å². The fraction of sp³-hybridized carbons (Fsp3) is 0.625. The van der Waals surface area contributed by atoms with Gasteiger partial charge in [-0.3, -0.25) is 0 Å². The Balaban J connectivity index is 2.66. The molecule has 1 rings (SSSR count). The SMILES string of the molecule is CCC(NCC(C)O)C(O)c1ccc(OC(C)C)cc1. The van der Waals surface area contributed by atoms with E-state index < -0.39 is 12.2 Å². The fourth-order valence-corrected chi connectivity index (χ4v) is 2.05. The van der Waals surface area contributed by atoms with Gasteiger partial charge in [0.1, 0.15) is 5.75 Å². The standard InChI is InChI=1S/C16H27NO3/c1-5-15(17-10-12(4)18)16(19)13-6-8-14(9-7-13)20-11(2)3/h6-9,11-12,15-19H,5,10H2,1-4H3. The number of nitrogens with one attached hydrogen (secondary N) is 1.